The van der Waals surface area contributed by atoms with E-state index in [0.29, 0.717) is 12.4 Å². The minimum absolute atomic E-state index is 0.700. The summed E-state index contributed by atoms with van der Waals surface area (Å²) in [5.41, 5.74) is 4.33. The smallest absolute Gasteiger partial charge is 0.180 e. The number of fused-ring (bicyclic) bond motifs is 2. The van der Waals surface area contributed by atoms with Gasteiger partial charge in [0.15, 0.2) is 5.82 Å². The minimum atomic E-state index is 0.700. The Morgan fingerprint density at radius 2 is 2.00 bits per heavy atom. The molecule has 0 unspecified atom stereocenters. The SMILES string of the molecule is c1ccc(-c2nc3c(c(NCc4cn5c(n4)CCCC5)n2)CCC3)nc1. The molecule has 3 aromatic rings. The Kier molecular flexibility index (Phi) is 3.88. The summed E-state index contributed by atoms with van der Waals surface area (Å²) in [5.74, 6) is 2.87. The van der Waals surface area contributed by atoms with Gasteiger partial charge in [0, 0.05) is 36.6 Å². The zero-order chi connectivity index (χ0) is 17.3. The second-order valence-corrected chi connectivity index (χ2v) is 7.04. The molecule has 2 aliphatic rings. The summed E-state index contributed by atoms with van der Waals surface area (Å²) in [5, 5.41) is 3.53. The van der Waals surface area contributed by atoms with Gasteiger partial charge in [-0.2, -0.15) is 0 Å². The Morgan fingerprint density at radius 3 is 2.88 bits per heavy atom. The summed E-state index contributed by atoms with van der Waals surface area (Å²) in [6, 6.07) is 5.85. The highest BCUT2D eigenvalue weighted by Crippen LogP contribution is 2.29. The molecule has 3 aromatic heterocycles. The standard InChI is InChI=1S/C20H22N6/c1-3-10-21-17(7-1)20-24-16-8-5-6-15(16)19(25-20)22-12-14-13-26-11-4-2-9-18(26)23-14/h1,3,7,10,13H,2,4-6,8-9,11-12H2,(H,22,24,25). The molecule has 0 aromatic carbocycles. The molecule has 0 spiro atoms. The molecule has 6 nitrogen and oxygen atoms in total. The van der Waals surface area contributed by atoms with Gasteiger partial charge in [-0.25, -0.2) is 15.0 Å². The van der Waals surface area contributed by atoms with Gasteiger partial charge >= 0.3 is 0 Å². The quantitative estimate of drug-likeness (QED) is 0.786. The highest BCUT2D eigenvalue weighted by molar-refractivity contribution is 5.57. The van der Waals surface area contributed by atoms with Crippen molar-refractivity contribution in [1.82, 2.24) is 24.5 Å². The molecule has 5 rings (SSSR count). The van der Waals surface area contributed by atoms with E-state index < -0.39 is 0 Å². The van der Waals surface area contributed by atoms with Gasteiger partial charge in [0.2, 0.25) is 0 Å². The highest BCUT2D eigenvalue weighted by Gasteiger charge is 2.20. The van der Waals surface area contributed by atoms with Crippen LogP contribution < -0.4 is 5.32 Å². The number of nitrogens with one attached hydrogen (secondary N) is 1. The van der Waals surface area contributed by atoms with Crippen LogP contribution in [0.1, 0.15) is 42.0 Å². The lowest BCUT2D eigenvalue weighted by Gasteiger charge is -2.11. The average Bonchev–Trinajstić information content (AvgIpc) is 3.33. The van der Waals surface area contributed by atoms with Crippen molar-refractivity contribution >= 4 is 5.82 Å². The van der Waals surface area contributed by atoms with Crippen molar-refractivity contribution in [3.05, 3.63) is 53.4 Å². The molecule has 1 N–H and O–H groups in total. The number of hydrogen-bond acceptors (Lipinski definition) is 5. The molecule has 132 valence electrons. The average molecular weight is 346 g/mol. The van der Waals surface area contributed by atoms with Crippen molar-refractivity contribution in [3.8, 4) is 11.5 Å². The molecule has 6 heteroatoms. The van der Waals surface area contributed by atoms with E-state index >= 15 is 0 Å². The number of imidazole rings is 1. The fourth-order valence-electron chi connectivity index (χ4n) is 3.92. The van der Waals surface area contributed by atoms with E-state index in [1.807, 2.05) is 18.2 Å². The van der Waals surface area contributed by atoms with E-state index in [1.54, 1.807) is 6.20 Å². The second-order valence-electron chi connectivity index (χ2n) is 7.04. The Bertz CT molecular complexity index is 907. The Labute approximate surface area is 152 Å². The Hall–Kier alpha value is -2.76. The van der Waals surface area contributed by atoms with Crippen molar-refractivity contribution < 1.29 is 0 Å². The van der Waals surface area contributed by atoms with Crippen LogP contribution in [0, 0.1) is 0 Å². The molecule has 0 bridgehead atoms. The van der Waals surface area contributed by atoms with Crippen molar-refractivity contribution in [2.45, 2.75) is 51.6 Å². The van der Waals surface area contributed by atoms with Crippen molar-refractivity contribution in [1.29, 1.82) is 0 Å². The van der Waals surface area contributed by atoms with Crippen LogP contribution in [0.3, 0.4) is 0 Å². The van der Waals surface area contributed by atoms with Crippen molar-refractivity contribution in [2.24, 2.45) is 0 Å². The number of pyridine rings is 1. The monoisotopic (exact) mass is 346 g/mol. The molecular weight excluding hydrogens is 324 g/mol. The molecule has 0 atom stereocenters. The molecule has 0 amide bonds. The van der Waals surface area contributed by atoms with Crippen LogP contribution >= 0.6 is 0 Å². The predicted molar refractivity (Wildman–Crippen MR) is 99.8 cm³/mol. The maximum atomic E-state index is 4.79. The zero-order valence-corrected chi connectivity index (χ0v) is 14.8. The van der Waals surface area contributed by atoms with Gasteiger partial charge < -0.3 is 9.88 Å². The first-order valence-corrected chi connectivity index (χ1v) is 9.47. The number of rotatable bonds is 4. The molecule has 4 heterocycles. The van der Waals surface area contributed by atoms with Gasteiger partial charge in [-0.3, -0.25) is 4.98 Å². The van der Waals surface area contributed by atoms with Crippen molar-refractivity contribution in [3.63, 3.8) is 0 Å². The van der Waals surface area contributed by atoms with E-state index in [4.69, 9.17) is 15.0 Å². The van der Waals surface area contributed by atoms with Crippen LogP contribution in [-0.2, 0) is 32.4 Å². The van der Waals surface area contributed by atoms with E-state index in [1.165, 1.54) is 24.2 Å². The number of aryl methyl sites for hydroxylation is 3. The molecule has 0 saturated heterocycles. The van der Waals surface area contributed by atoms with Gasteiger partial charge in [-0.15, -0.1) is 0 Å². The lowest BCUT2D eigenvalue weighted by Crippen LogP contribution is -2.09. The maximum absolute atomic E-state index is 4.79. The fourth-order valence-corrected chi connectivity index (χ4v) is 3.92. The summed E-state index contributed by atoms with van der Waals surface area (Å²) in [6.45, 7) is 1.79. The lowest BCUT2D eigenvalue weighted by atomic mass is 10.2. The van der Waals surface area contributed by atoms with Crippen LogP contribution in [0.2, 0.25) is 0 Å². The Balaban J connectivity index is 1.43. The summed E-state index contributed by atoms with van der Waals surface area (Å²) in [6.07, 6.45) is 10.8. The molecule has 1 aliphatic carbocycles. The summed E-state index contributed by atoms with van der Waals surface area (Å²) in [4.78, 5) is 18.7. The lowest BCUT2D eigenvalue weighted by molar-refractivity contribution is 0.522. The topological polar surface area (TPSA) is 68.5 Å². The van der Waals surface area contributed by atoms with Crippen LogP contribution in [0.4, 0.5) is 5.82 Å². The fraction of sp³-hybridized carbons (Fsp3) is 0.400. The molecule has 0 fully saturated rings. The van der Waals surface area contributed by atoms with Crippen LogP contribution in [0.5, 0.6) is 0 Å². The number of aromatic nitrogens is 5. The molecule has 0 radical (unpaired) electrons. The third-order valence-electron chi connectivity index (χ3n) is 5.22. The van der Waals surface area contributed by atoms with E-state index in [9.17, 15) is 0 Å². The number of hydrogen-bond donors (Lipinski definition) is 1. The number of nitrogens with zero attached hydrogens (tertiary/aromatic N) is 5. The summed E-state index contributed by atoms with van der Waals surface area (Å²) in [7, 11) is 0. The largest absolute Gasteiger partial charge is 0.364 e. The molecular formula is C20H22N6. The van der Waals surface area contributed by atoms with Gasteiger partial charge in [0.25, 0.3) is 0 Å². The van der Waals surface area contributed by atoms with E-state index in [0.717, 1.165) is 55.1 Å². The van der Waals surface area contributed by atoms with Crippen molar-refractivity contribution in [2.75, 3.05) is 5.32 Å². The highest BCUT2D eigenvalue weighted by atomic mass is 15.1. The first kappa shape index (κ1) is 15.5. The predicted octanol–water partition coefficient (Wildman–Crippen LogP) is 3.17. The summed E-state index contributed by atoms with van der Waals surface area (Å²) < 4.78 is 2.30. The van der Waals surface area contributed by atoms with Gasteiger partial charge in [-0.1, -0.05) is 6.07 Å². The second kappa shape index (κ2) is 6.52. The third-order valence-corrected chi connectivity index (χ3v) is 5.22. The third kappa shape index (κ3) is 2.85. The van der Waals surface area contributed by atoms with E-state index in [-0.39, 0.29) is 0 Å². The molecule has 26 heavy (non-hydrogen) atoms. The minimum Gasteiger partial charge on any atom is -0.364 e. The number of anilines is 1. The maximum Gasteiger partial charge on any atom is 0.180 e. The van der Waals surface area contributed by atoms with Gasteiger partial charge in [0.05, 0.1) is 12.2 Å². The van der Waals surface area contributed by atoms with Crippen LogP contribution in [0.15, 0.2) is 30.6 Å². The first-order valence-electron chi connectivity index (χ1n) is 9.47. The summed E-state index contributed by atoms with van der Waals surface area (Å²) >= 11 is 0. The van der Waals surface area contributed by atoms with E-state index in [2.05, 4.69) is 21.1 Å². The zero-order valence-electron chi connectivity index (χ0n) is 14.8. The molecule has 0 saturated carbocycles. The normalized spacial score (nSPS) is 15.5. The van der Waals surface area contributed by atoms with Crippen LogP contribution in [0.25, 0.3) is 11.5 Å². The van der Waals surface area contributed by atoms with Crippen LogP contribution in [-0.4, -0.2) is 24.5 Å². The Morgan fingerprint density at radius 1 is 1.00 bits per heavy atom. The first-order chi connectivity index (χ1) is 12.9. The van der Waals surface area contributed by atoms with Gasteiger partial charge in [0.1, 0.15) is 17.3 Å². The van der Waals surface area contributed by atoms with Gasteiger partial charge in [-0.05, 0) is 44.2 Å². The molecule has 1 aliphatic heterocycles.